The van der Waals surface area contributed by atoms with Crippen LogP contribution < -0.4 is 11.4 Å². The number of anilines is 1. The van der Waals surface area contributed by atoms with Crippen molar-refractivity contribution in [3.8, 4) is 0 Å². The van der Waals surface area contributed by atoms with Gasteiger partial charge in [-0.05, 0) is 19.9 Å². The summed E-state index contributed by atoms with van der Waals surface area (Å²) in [6, 6.07) is 1.49. The van der Waals surface area contributed by atoms with Crippen molar-refractivity contribution in [3.05, 3.63) is 22.7 Å². The summed E-state index contributed by atoms with van der Waals surface area (Å²) >= 11 is 0. The minimum Gasteiger partial charge on any atom is -0.475 e. The molecule has 0 aliphatic carbocycles. The highest BCUT2D eigenvalue weighted by molar-refractivity contribution is 5.73. The quantitative estimate of drug-likeness (QED) is 0.364. The van der Waals surface area contributed by atoms with Crippen molar-refractivity contribution in [2.75, 3.05) is 25.7 Å². The number of ether oxygens (including phenoxy) is 5. The van der Waals surface area contributed by atoms with Crippen molar-refractivity contribution in [2.45, 2.75) is 38.6 Å². The normalized spacial score (nSPS) is 18.5. The Kier molecular flexibility index (Phi) is 9.48. The van der Waals surface area contributed by atoms with Gasteiger partial charge >= 0.3 is 24.0 Å². The van der Waals surface area contributed by atoms with E-state index in [4.69, 9.17) is 34.6 Å². The highest BCUT2D eigenvalue weighted by Crippen LogP contribution is 2.19. The number of aliphatic carboxylic acids is 1. The van der Waals surface area contributed by atoms with Gasteiger partial charge in [-0.1, -0.05) is 0 Å². The molecule has 30 heavy (non-hydrogen) atoms. The van der Waals surface area contributed by atoms with Crippen LogP contribution in [0.15, 0.2) is 17.1 Å². The molecule has 12 nitrogen and oxygen atoms in total. The van der Waals surface area contributed by atoms with Crippen molar-refractivity contribution in [2.24, 2.45) is 0 Å². The molecule has 15 heteroatoms. The van der Waals surface area contributed by atoms with Crippen LogP contribution in [-0.4, -0.2) is 65.4 Å². The summed E-state index contributed by atoms with van der Waals surface area (Å²) in [7, 11) is 0. The summed E-state index contributed by atoms with van der Waals surface area (Å²) < 4.78 is 58.4. The smallest absolute Gasteiger partial charge is 0.475 e. The Balaban J connectivity index is 0.000000553. The van der Waals surface area contributed by atoms with Gasteiger partial charge in [-0.2, -0.15) is 18.2 Å². The molecule has 0 amide bonds. The Bertz CT molecular complexity index is 770. The monoisotopic (exact) mass is 443 g/mol. The van der Waals surface area contributed by atoms with Gasteiger partial charge in [0.1, 0.15) is 12.4 Å². The fourth-order valence-corrected chi connectivity index (χ4v) is 1.78. The van der Waals surface area contributed by atoms with Crippen molar-refractivity contribution >= 4 is 17.9 Å². The summed E-state index contributed by atoms with van der Waals surface area (Å²) in [6.45, 7) is 3.31. The summed E-state index contributed by atoms with van der Waals surface area (Å²) in [5, 5.41) is 7.12. The number of carboxylic acid groups (broad SMARTS) is 1. The molecule has 2 unspecified atom stereocenters. The Morgan fingerprint density at radius 1 is 1.43 bits per heavy atom. The fraction of sp³-hybridized carbons (Fsp3) is 0.600. The first-order chi connectivity index (χ1) is 13.9. The number of hydrogen-bond acceptors (Lipinski definition) is 10. The number of carboxylic acids is 1. The van der Waals surface area contributed by atoms with Crippen LogP contribution in [0.3, 0.4) is 0 Å². The van der Waals surface area contributed by atoms with E-state index in [1.54, 1.807) is 13.8 Å². The Morgan fingerprint density at radius 2 is 2.07 bits per heavy atom. The van der Waals surface area contributed by atoms with Crippen LogP contribution in [0.2, 0.25) is 0 Å². The van der Waals surface area contributed by atoms with E-state index in [1.165, 1.54) is 16.8 Å². The number of carbonyl (C=O) groups excluding carboxylic acids is 1. The second-order valence-corrected chi connectivity index (χ2v) is 5.75. The second-order valence-electron chi connectivity index (χ2n) is 5.75. The molecule has 0 radical (unpaired) electrons. The number of nitrogen functional groups attached to an aromatic ring is 1. The van der Waals surface area contributed by atoms with E-state index < -0.39 is 36.5 Å². The Morgan fingerprint density at radius 3 is 2.60 bits per heavy atom. The van der Waals surface area contributed by atoms with Gasteiger partial charge in [-0.15, -0.1) is 0 Å². The summed E-state index contributed by atoms with van der Waals surface area (Å²) in [5.74, 6) is -2.62. The predicted molar refractivity (Wildman–Crippen MR) is 90.0 cm³/mol. The first-order valence-electron chi connectivity index (χ1n) is 8.23. The highest BCUT2D eigenvalue weighted by atomic mass is 19.4. The average Bonchev–Trinajstić information content (AvgIpc) is 3.06. The molecule has 2 atom stereocenters. The van der Waals surface area contributed by atoms with Crippen LogP contribution in [0, 0.1) is 0 Å². The third-order valence-electron chi connectivity index (χ3n) is 2.98. The molecule has 0 spiro atoms. The molecule has 0 aromatic carbocycles. The highest BCUT2D eigenvalue weighted by Gasteiger charge is 2.38. The van der Waals surface area contributed by atoms with Crippen molar-refractivity contribution < 1.29 is 51.6 Å². The maximum Gasteiger partial charge on any atom is 0.510 e. The number of rotatable bonds is 6. The van der Waals surface area contributed by atoms with Crippen LogP contribution in [-0.2, 0) is 28.5 Å². The van der Waals surface area contributed by atoms with Gasteiger partial charge in [0.05, 0.1) is 12.7 Å². The van der Waals surface area contributed by atoms with Crippen LogP contribution in [0.4, 0.5) is 23.8 Å². The minimum absolute atomic E-state index is 0.0304. The Hall–Kier alpha value is -2.91. The third kappa shape index (κ3) is 9.06. The van der Waals surface area contributed by atoms with Crippen LogP contribution in [0.5, 0.6) is 0 Å². The molecule has 1 saturated heterocycles. The van der Waals surface area contributed by atoms with Gasteiger partial charge in [-0.25, -0.2) is 14.4 Å². The average molecular weight is 443 g/mol. The van der Waals surface area contributed by atoms with E-state index in [-0.39, 0.29) is 31.9 Å². The molecule has 1 aromatic heterocycles. The van der Waals surface area contributed by atoms with E-state index in [9.17, 15) is 22.8 Å². The first kappa shape index (κ1) is 25.1. The van der Waals surface area contributed by atoms with Gasteiger partial charge in [0.2, 0.25) is 0 Å². The maximum absolute atomic E-state index is 11.7. The molecule has 2 rings (SSSR count). The number of halogens is 3. The van der Waals surface area contributed by atoms with Gasteiger partial charge in [0, 0.05) is 6.20 Å². The van der Waals surface area contributed by atoms with E-state index >= 15 is 0 Å². The summed E-state index contributed by atoms with van der Waals surface area (Å²) in [5.41, 5.74) is 4.89. The van der Waals surface area contributed by atoms with Gasteiger partial charge < -0.3 is 34.5 Å². The number of alkyl halides is 3. The number of nitrogens with two attached hydrogens (primary N) is 1. The van der Waals surface area contributed by atoms with Crippen LogP contribution >= 0.6 is 0 Å². The molecule has 0 bridgehead atoms. The fourth-order valence-electron chi connectivity index (χ4n) is 1.78. The second kappa shape index (κ2) is 11.3. The van der Waals surface area contributed by atoms with Crippen molar-refractivity contribution in [1.82, 2.24) is 9.55 Å². The van der Waals surface area contributed by atoms with Crippen LogP contribution in [0.25, 0.3) is 0 Å². The molecule has 0 saturated carbocycles. The molecule has 1 aliphatic heterocycles. The van der Waals surface area contributed by atoms with E-state index in [2.05, 4.69) is 9.72 Å². The lowest BCUT2D eigenvalue weighted by molar-refractivity contribution is -0.192. The zero-order chi connectivity index (χ0) is 22.9. The number of carbonyl (C=O) groups is 2. The standard InChI is InChI=1S/C13H19N3O7.C2HF3O2/c1-8(2)22-13(18)21-7-19-6-11-20-5-10(23-11)16-4-3-9(14)15-12(16)17;3-2(4,5)1(6)7/h3-4,8,10-11H,5-7H2,1-2H3,(H2,14,15,17);(H,6,7). The molecule has 1 aromatic rings. The molecule has 170 valence electrons. The Labute approximate surface area is 167 Å². The first-order valence-corrected chi connectivity index (χ1v) is 8.23. The molecule has 3 N–H and O–H groups in total. The largest absolute Gasteiger partial charge is 0.510 e. The molecular weight excluding hydrogens is 423 g/mol. The number of aromatic nitrogens is 2. The van der Waals surface area contributed by atoms with E-state index in [0.717, 1.165) is 0 Å². The van der Waals surface area contributed by atoms with Gasteiger partial charge in [0.15, 0.2) is 19.3 Å². The maximum atomic E-state index is 11.7. The lowest BCUT2D eigenvalue weighted by Crippen LogP contribution is -2.29. The van der Waals surface area contributed by atoms with E-state index in [0.29, 0.717) is 0 Å². The lowest BCUT2D eigenvalue weighted by atomic mass is 10.5. The lowest BCUT2D eigenvalue weighted by Gasteiger charge is -2.13. The van der Waals surface area contributed by atoms with Gasteiger partial charge in [-0.3, -0.25) is 4.57 Å². The zero-order valence-corrected chi connectivity index (χ0v) is 15.8. The summed E-state index contributed by atoms with van der Waals surface area (Å²) in [6.07, 6.45) is -5.99. The predicted octanol–water partition coefficient (Wildman–Crippen LogP) is 0.866. The van der Waals surface area contributed by atoms with Crippen molar-refractivity contribution in [1.29, 1.82) is 0 Å². The number of nitrogens with zero attached hydrogens (tertiary/aromatic N) is 2. The number of hydrogen-bond donors (Lipinski definition) is 2. The zero-order valence-electron chi connectivity index (χ0n) is 15.8. The summed E-state index contributed by atoms with van der Waals surface area (Å²) in [4.78, 5) is 35.3. The third-order valence-corrected chi connectivity index (χ3v) is 2.98. The topological polar surface area (TPSA) is 161 Å². The van der Waals surface area contributed by atoms with Crippen molar-refractivity contribution in [3.63, 3.8) is 0 Å². The molecular formula is C15H20F3N3O9. The molecule has 2 heterocycles. The van der Waals surface area contributed by atoms with Crippen LogP contribution in [0.1, 0.15) is 20.1 Å². The minimum atomic E-state index is -5.08. The van der Waals surface area contributed by atoms with E-state index in [1.807, 2.05) is 0 Å². The SMILES string of the molecule is CC(C)OC(=O)OCOCC1OCC(n2ccc(N)nc2=O)O1.O=C(O)C(F)(F)F. The molecule has 1 aliphatic rings. The van der Waals surface area contributed by atoms with Gasteiger partial charge in [0.25, 0.3) is 0 Å². The molecule has 1 fully saturated rings.